The quantitative estimate of drug-likeness (QED) is 0.653. The second-order valence-electron chi connectivity index (χ2n) is 5.60. The molecule has 2 unspecified atom stereocenters. The smallest absolute Gasteiger partial charge is 0.161 e. The molecule has 1 saturated heterocycles. The Kier molecular flexibility index (Phi) is 3.80. The first kappa shape index (κ1) is 13.9. The van der Waals surface area contributed by atoms with Gasteiger partial charge >= 0.3 is 0 Å². The number of nitrogen functional groups attached to an aromatic ring is 1. The second kappa shape index (κ2) is 5.21. The molecule has 2 rings (SSSR count). The number of nitrogens with zero attached hydrogens (tertiary/aromatic N) is 2. The van der Waals surface area contributed by atoms with Crippen molar-refractivity contribution in [1.82, 2.24) is 4.90 Å². The summed E-state index contributed by atoms with van der Waals surface area (Å²) < 4.78 is 0. The lowest BCUT2D eigenvalue weighted by Crippen LogP contribution is -2.55. The third-order valence-corrected chi connectivity index (χ3v) is 4.14. The van der Waals surface area contributed by atoms with Crippen LogP contribution in [0.15, 0.2) is 18.2 Å². The minimum Gasteiger partial charge on any atom is -0.398 e. The van der Waals surface area contributed by atoms with Crippen LogP contribution < -0.4 is 10.6 Å². The van der Waals surface area contributed by atoms with E-state index in [1.54, 1.807) is 6.92 Å². The molecule has 1 heterocycles. The van der Waals surface area contributed by atoms with E-state index in [2.05, 4.69) is 30.7 Å². The molecular formula is C15H23N3O. The summed E-state index contributed by atoms with van der Waals surface area (Å²) in [5.41, 5.74) is 8.12. The molecule has 0 aliphatic carbocycles. The van der Waals surface area contributed by atoms with Crippen LogP contribution in [0, 0.1) is 0 Å². The molecule has 0 amide bonds. The standard InChI is InChI=1S/C15H23N3O/c1-10-8-18(9-11(2)17(10)4)13-5-6-15(16)14(7-13)12(3)19/h5-7,10-11H,8-9,16H2,1-4H3. The topological polar surface area (TPSA) is 49.6 Å². The average molecular weight is 261 g/mol. The molecule has 0 saturated carbocycles. The summed E-state index contributed by atoms with van der Waals surface area (Å²) >= 11 is 0. The molecule has 2 atom stereocenters. The van der Waals surface area contributed by atoms with Crippen LogP contribution in [0.25, 0.3) is 0 Å². The van der Waals surface area contributed by atoms with Crippen molar-refractivity contribution in [3.8, 4) is 0 Å². The summed E-state index contributed by atoms with van der Waals surface area (Å²) in [7, 11) is 2.16. The summed E-state index contributed by atoms with van der Waals surface area (Å²) in [4.78, 5) is 16.3. The molecule has 1 fully saturated rings. The van der Waals surface area contributed by atoms with Crippen molar-refractivity contribution < 1.29 is 4.79 Å². The van der Waals surface area contributed by atoms with Crippen LogP contribution >= 0.6 is 0 Å². The van der Waals surface area contributed by atoms with Crippen LogP contribution in [-0.4, -0.2) is 42.9 Å². The van der Waals surface area contributed by atoms with Crippen molar-refractivity contribution in [3.63, 3.8) is 0 Å². The number of rotatable bonds is 2. The van der Waals surface area contributed by atoms with Gasteiger partial charge in [0.15, 0.2) is 5.78 Å². The lowest BCUT2D eigenvalue weighted by Gasteiger charge is -2.43. The van der Waals surface area contributed by atoms with Crippen LogP contribution in [0.3, 0.4) is 0 Å². The van der Waals surface area contributed by atoms with E-state index in [0.717, 1.165) is 18.8 Å². The lowest BCUT2D eigenvalue weighted by molar-refractivity contribution is 0.101. The molecule has 104 valence electrons. The Morgan fingerprint density at radius 3 is 2.37 bits per heavy atom. The van der Waals surface area contributed by atoms with Crippen molar-refractivity contribution >= 4 is 17.2 Å². The third-order valence-electron chi connectivity index (χ3n) is 4.14. The molecule has 0 aromatic heterocycles. The summed E-state index contributed by atoms with van der Waals surface area (Å²) in [6.07, 6.45) is 0. The van der Waals surface area contributed by atoms with Gasteiger partial charge in [-0.3, -0.25) is 9.69 Å². The highest BCUT2D eigenvalue weighted by atomic mass is 16.1. The molecule has 2 N–H and O–H groups in total. The van der Waals surface area contributed by atoms with Crippen molar-refractivity contribution in [2.45, 2.75) is 32.9 Å². The fourth-order valence-electron chi connectivity index (χ4n) is 2.66. The van der Waals surface area contributed by atoms with Gasteiger partial charge in [0.1, 0.15) is 0 Å². The maximum atomic E-state index is 11.6. The number of nitrogens with two attached hydrogens (primary N) is 1. The van der Waals surface area contributed by atoms with E-state index in [1.807, 2.05) is 18.2 Å². The first-order valence-electron chi connectivity index (χ1n) is 6.77. The van der Waals surface area contributed by atoms with E-state index in [0.29, 0.717) is 23.3 Å². The van der Waals surface area contributed by atoms with Gasteiger partial charge in [-0.05, 0) is 46.0 Å². The Hall–Kier alpha value is -1.55. The molecule has 1 aromatic carbocycles. The minimum atomic E-state index is 0.0228. The lowest BCUT2D eigenvalue weighted by atomic mass is 10.0. The summed E-state index contributed by atoms with van der Waals surface area (Å²) in [5, 5.41) is 0. The van der Waals surface area contributed by atoms with Crippen molar-refractivity contribution in [3.05, 3.63) is 23.8 Å². The highest BCUT2D eigenvalue weighted by Gasteiger charge is 2.26. The number of carbonyl (C=O) groups is 1. The Morgan fingerprint density at radius 1 is 1.26 bits per heavy atom. The van der Waals surface area contributed by atoms with E-state index < -0.39 is 0 Å². The highest BCUT2D eigenvalue weighted by Crippen LogP contribution is 2.25. The molecule has 1 aromatic rings. The van der Waals surface area contributed by atoms with Gasteiger partial charge in [-0.15, -0.1) is 0 Å². The predicted molar refractivity (Wildman–Crippen MR) is 79.8 cm³/mol. The zero-order chi connectivity index (χ0) is 14.2. The van der Waals surface area contributed by atoms with Crippen LogP contribution in [0.4, 0.5) is 11.4 Å². The van der Waals surface area contributed by atoms with E-state index in [-0.39, 0.29) is 5.78 Å². The Balaban J connectivity index is 2.27. The van der Waals surface area contributed by atoms with Gasteiger partial charge < -0.3 is 10.6 Å². The maximum absolute atomic E-state index is 11.6. The van der Waals surface area contributed by atoms with E-state index in [1.165, 1.54) is 0 Å². The number of ketones is 1. The molecular weight excluding hydrogens is 238 g/mol. The number of anilines is 2. The Bertz CT molecular complexity index is 474. The van der Waals surface area contributed by atoms with Gasteiger partial charge in [0.05, 0.1) is 0 Å². The molecule has 0 bridgehead atoms. The maximum Gasteiger partial charge on any atom is 0.161 e. The summed E-state index contributed by atoms with van der Waals surface area (Å²) in [6, 6.07) is 6.76. The number of likely N-dealkylation sites (N-methyl/N-ethyl adjacent to an activating group) is 1. The van der Waals surface area contributed by atoms with Gasteiger partial charge in [-0.2, -0.15) is 0 Å². The summed E-state index contributed by atoms with van der Waals surface area (Å²) in [5.74, 6) is 0.0228. The third kappa shape index (κ3) is 2.73. The zero-order valence-corrected chi connectivity index (χ0v) is 12.2. The van der Waals surface area contributed by atoms with Crippen LogP contribution in [0.2, 0.25) is 0 Å². The van der Waals surface area contributed by atoms with Gasteiger partial charge in [0.25, 0.3) is 0 Å². The molecule has 19 heavy (non-hydrogen) atoms. The zero-order valence-electron chi connectivity index (χ0n) is 12.2. The van der Waals surface area contributed by atoms with Gasteiger partial charge in [-0.1, -0.05) is 0 Å². The summed E-state index contributed by atoms with van der Waals surface area (Å²) in [6.45, 7) is 7.96. The van der Waals surface area contributed by atoms with E-state index in [4.69, 9.17) is 5.73 Å². The number of carbonyl (C=O) groups excluding carboxylic acids is 1. The van der Waals surface area contributed by atoms with E-state index >= 15 is 0 Å². The van der Waals surface area contributed by atoms with Crippen LogP contribution in [0.1, 0.15) is 31.1 Å². The molecule has 0 radical (unpaired) electrons. The highest BCUT2D eigenvalue weighted by molar-refractivity contribution is 6.00. The largest absolute Gasteiger partial charge is 0.398 e. The van der Waals surface area contributed by atoms with Crippen LogP contribution in [-0.2, 0) is 0 Å². The minimum absolute atomic E-state index is 0.0228. The van der Waals surface area contributed by atoms with Gasteiger partial charge in [-0.25, -0.2) is 0 Å². The SMILES string of the molecule is CC(=O)c1cc(N2CC(C)N(C)C(C)C2)ccc1N. The Morgan fingerprint density at radius 2 is 1.84 bits per heavy atom. The first-order chi connectivity index (χ1) is 8.90. The second-order valence-corrected chi connectivity index (χ2v) is 5.60. The molecule has 0 spiro atoms. The normalized spacial score (nSPS) is 24.5. The monoisotopic (exact) mass is 261 g/mol. The molecule has 4 heteroatoms. The fourth-order valence-corrected chi connectivity index (χ4v) is 2.66. The Labute approximate surface area is 115 Å². The first-order valence-corrected chi connectivity index (χ1v) is 6.77. The molecule has 1 aliphatic heterocycles. The molecule has 1 aliphatic rings. The van der Waals surface area contributed by atoms with Gasteiger partial charge in [0.2, 0.25) is 0 Å². The van der Waals surface area contributed by atoms with E-state index in [9.17, 15) is 4.79 Å². The van der Waals surface area contributed by atoms with Crippen molar-refractivity contribution in [2.75, 3.05) is 30.8 Å². The number of benzene rings is 1. The number of hydrogen-bond donors (Lipinski definition) is 1. The average Bonchev–Trinajstić information content (AvgIpc) is 2.35. The number of hydrogen-bond acceptors (Lipinski definition) is 4. The van der Waals surface area contributed by atoms with Gasteiger partial charge in [0, 0.05) is 42.1 Å². The van der Waals surface area contributed by atoms with Crippen molar-refractivity contribution in [1.29, 1.82) is 0 Å². The fraction of sp³-hybridized carbons (Fsp3) is 0.533. The van der Waals surface area contributed by atoms with Crippen LogP contribution in [0.5, 0.6) is 0 Å². The van der Waals surface area contributed by atoms with Crippen molar-refractivity contribution in [2.24, 2.45) is 0 Å². The molecule has 4 nitrogen and oxygen atoms in total. The number of piperazine rings is 1. The predicted octanol–water partition coefficient (Wildman–Crippen LogP) is 2.00. The number of Topliss-reactive ketones (excluding diaryl/α,β-unsaturated/α-hetero) is 1.